The molecular formula is C27H31NO2. The average molecular weight is 402 g/mol. The van der Waals surface area contributed by atoms with Gasteiger partial charge in [0.15, 0.2) is 0 Å². The summed E-state index contributed by atoms with van der Waals surface area (Å²) < 4.78 is 5.23. The SMILES string of the molecule is COC(=O)[C@H](Cc1ccccc1)[C@@H](C)N(Cc1ccccc1)[C@H](C)c1ccccc1. The largest absolute Gasteiger partial charge is 0.469 e. The van der Waals surface area contributed by atoms with Gasteiger partial charge in [-0.25, -0.2) is 0 Å². The number of carbonyl (C=O) groups is 1. The maximum absolute atomic E-state index is 12.8. The third-order valence-corrected chi connectivity index (χ3v) is 5.90. The van der Waals surface area contributed by atoms with Gasteiger partial charge in [-0.3, -0.25) is 9.69 Å². The van der Waals surface area contributed by atoms with Gasteiger partial charge in [-0.1, -0.05) is 91.0 Å². The van der Waals surface area contributed by atoms with Gasteiger partial charge in [-0.2, -0.15) is 0 Å². The standard InChI is InChI=1S/C27H31NO2/c1-21(25-17-11-6-12-18-25)28(20-24-15-9-5-10-16-24)22(2)26(27(29)30-3)19-23-13-7-4-8-14-23/h4-18,21-22,26H,19-20H2,1-3H3/t21-,22-,26-/m1/s1. The molecule has 0 aromatic heterocycles. The molecule has 3 heteroatoms. The van der Waals surface area contributed by atoms with Gasteiger partial charge in [0.2, 0.25) is 0 Å². The monoisotopic (exact) mass is 401 g/mol. The molecule has 0 fully saturated rings. The Hall–Kier alpha value is -2.91. The highest BCUT2D eigenvalue weighted by molar-refractivity contribution is 5.73. The summed E-state index contributed by atoms with van der Waals surface area (Å²) in [7, 11) is 1.48. The third-order valence-electron chi connectivity index (χ3n) is 5.90. The van der Waals surface area contributed by atoms with Crippen molar-refractivity contribution in [2.45, 2.75) is 38.9 Å². The number of esters is 1. The van der Waals surface area contributed by atoms with Crippen LogP contribution in [0.15, 0.2) is 91.0 Å². The summed E-state index contributed by atoms with van der Waals surface area (Å²) in [6.07, 6.45) is 0.654. The van der Waals surface area contributed by atoms with Gasteiger partial charge < -0.3 is 4.74 Å². The van der Waals surface area contributed by atoms with E-state index in [9.17, 15) is 4.79 Å². The maximum atomic E-state index is 12.8. The smallest absolute Gasteiger partial charge is 0.310 e. The highest BCUT2D eigenvalue weighted by atomic mass is 16.5. The van der Waals surface area contributed by atoms with Crippen LogP contribution in [-0.2, 0) is 22.5 Å². The first-order chi connectivity index (χ1) is 14.6. The van der Waals surface area contributed by atoms with E-state index in [0.29, 0.717) is 6.42 Å². The number of hydrogen-bond donors (Lipinski definition) is 0. The van der Waals surface area contributed by atoms with E-state index < -0.39 is 0 Å². The number of rotatable bonds is 9. The van der Waals surface area contributed by atoms with Gasteiger partial charge >= 0.3 is 5.97 Å². The fourth-order valence-electron chi connectivity index (χ4n) is 4.05. The number of ether oxygens (including phenoxy) is 1. The Labute approximate surface area is 180 Å². The Morgan fingerprint density at radius 1 is 0.800 bits per heavy atom. The number of nitrogens with zero attached hydrogens (tertiary/aromatic N) is 1. The van der Waals surface area contributed by atoms with Crippen molar-refractivity contribution in [2.75, 3.05) is 7.11 Å². The summed E-state index contributed by atoms with van der Waals surface area (Å²) in [6, 6.07) is 31.2. The lowest BCUT2D eigenvalue weighted by molar-refractivity contribution is -0.148. The Balaban J connectivity index is 1.93. The van der Waals surface area contributed by atoms with E-state index in [1.165, 1.54) is 18.2 Å². The highest BCUT2D eigenvalue weighted by Crippen LogP contribution is 2.29. The molecule has 0 N–H and O–H groups in total. The van der Waals surface area contributed by atoms with Crippen molar-refractivity contribution in [1.82, 2.24) is 4.90 Å². The summed E-state index contributed by atoms with van der Waals surface area (Å²) in [5.74, 6) is -0.419. The van der Waals surface area contributed by atoms with Crippen molar-refractivity contribution >= 4 is 5.97 Å². The molecule has 3 aromatic rings. The molecule has 0 unspecified atom stereocenters. The highest BCUT2D eigenvalue weighted by Gasteiger charge is 2.33. The van der Waals surface area contributed by atoms with Crippen LogP contribution in [0.1, 0.15) is 36.6 Å². The van der Waals surface area contributed by atoms with Crippen LogP contribution in [0.4, 0.5) is 0 Å². The summed E-state index contributed by atoms with van der Waals surface area (Å²) in [5, 5.41) is 0. The first-order valence-corrected chi connectivity index (χ1v) is 10.6. The van der Waals surface area contributed by atoms with E-state index in [2.05, 4.69) is 79.4 Å². The minimum atomic E-state index is -0.257. The van der Waals surface area contributed by atoms with Gasteiger partial charge in [-0.15, -0.1) is 0 Å². The predicted octanol–water partition coefficient (Wildman–Crippen LogP) is 5.67. The molecule has 0 heterocycles. The number of carbonyl (C=O) groups excluding carboxylic acids is 1. The normalized spacial score (nSPS) is 14.1. The van der Waals surface area contributed by atoms with Crippen LogP contribution < -0.4 is 0 Å². The lowest BCUT2D eigenvalue weighted by Crippen LogP contribution is -2.44. The lowest BCUT2D eigenvalue weighted by atomic mass is 9.90. The first-order valence-electron chi connectivity index (χ1n) is 10.6. The summed E-state index contributed by atoms with van der Waals surface area (Å²) >= 11 is 0. The molecule has 0 saturated heterocycles. The molecule has 3 aromatic carbocycles. The molecule has 0 aliphatic heterocycles. The van der Waals surface area contributed by atoms with Crippen LogP contribution in [0.3, 0.4) is 0 Å². The first kappa shape index (κ1) is 21.8. The zero-order chi connectivity index (χ0) is 21.3. The van der Waals surface area contributed by atoms with Gasteiger partial charge in [-0.05, 0) is 37.0 Å². The van der Waals surface area contributed by atoms with Gasteiger partial charge in [0, 0.05) is 18.6 Å². The van der Waals surface area contributed by atoms with Crippen LogP contribution >= 0.6 is 0 Å². The summed E-state index contributed by atoms with van der Waals surface area (Å²) in [4.78, 5) is 15.2. The second kappa shape index (κ2) is 10.7. The van der Waals surface area contributed by atoms with E-state index in [1.54, 1.807) is 0 Å². The summed E-state index contributed by atoms with van der Waals surface area (Å²) in [5.41, 5.74) is 3.62. The van der Waals surface area contributed by atoms with E-state index in [1.807, 2.05) is 30.3 Å². The molecule has 0 aliphatic carbocycles. The topological polar surface area (TPSA) is 29.5 Å². The zero-order valence-electron chi connectivity index (χ0n) is 18.1. The molecule has 3 atom stereocenters. The molecule has 0 saturated carbocycles. The van der Waals surface area contributed by atoms with Crippen LogP contribution in [-0.4, -0.2) is 24.0 Å². The van der Waals surface area contributed by atoms with Crippen molar-refractivity contribution in [2.24, 2.45) is 5.92 Å². The molecule has 3 rings (SSSR count). The fraction of sp³-hybridized carbons (Fsp3) is 0.296. The molecule has 30 heavy (non-hydrogen) atoms. The Bertz CT molecular complexity index is 896. The average Bonchev–Trinajstić information content (AvgIpc) is 2.81. The lowest BCUT2D eigenvalue weighted by Gasteiger charge is -2.38. The Kier molecular flexibility index (Phi) is 7.81. The van der Waals surface area contributed by atoms with Crippen LogP contribution in [0.25, 0.3) is 0 Å². The number of benzene rings is 3. The van der Waals surface area contributed by atoms with Crippen molar-refractivity contribution in [3.63, 3.8) is 0 Å². The maximum Gasteiger partial charge on any atom is 0.310 e. The van der Waals surface area contributed by atoms with Crippen molar-refractivity contribution in [3.05, 3.63) is 108 Å². The predicted molar refractivity (Wildman–Crippen MR) is 122 cm³/mol. The van der Waals surface area contributed by atoms with Gasteiger partial charge in [0.25, 0.3) is 0 Å². The molecule has 0 aliphatic rings. The van der Waals surface area contributed by atoms with Gasteiger partial charge in [0.05, 0.1) is 13.0 Å². The molecule has 0 bridgehead atoms. The Morgan fingerprint density at radius 2 is 1.30 bits per heavy atom. The van der Waals surface area contributed by atoms with Crippen molar-refractivity contribution < 1.29 is 9.53 Å². The van der Waals surface area contributed by atoms with Crippen LogP contribution in [0.5, 0.6) is 0 Å². The fourth-order valence-corrected chi connectivity index (χ4v) is 4.05. The minimum absolute atomic E-state index is 0.00642. The van der Waals surface area contributed by atoms with E-state index in [4.69, 9.17) is 4.74 Å². The van der Waals surface area contributed by atoms with Crippen molar-refractivity contribution in [1.29, 1.82) is 0 Å². The quantitative estimate of drug-likeness (QED) is 0.433. The zero-order valence-corrected chi connectivity index (χ0v) is 18.1. The third kappa shape index (κ3) is 5.58. The minimum Gasteiger partial charge on any atom is -0.469 e. The van der Waals surface area contributed by atoms with Crippen LogP contribution in [0, 0.1) is 5.92 Å². The summed E-state index contributed by atoms with van der Waals surface area (Å²) in [6.45, 7) is 5.12. The van der Waals surface area contributed by atoms with Crippen LogP contribution in [0.2, 0.25) is 0 Å². The molecule has 3 nitrogen and oxygen atoms in total. The number of hydrogen-bond acceptors (Lipinski definition) is 3. The van der Waals surface area contributed by atoms with Gasteiger partial charge in [0.1, 0.15) is 0 Å². The molecular weight excluding hydrogens is 370 g/mol. The molecule has 156 valence electrons. The second-order valence-electron chi connectivity index (χ2n) is 7.80. The van der Waals surface area contributed by atoms with Crippen molar-refractivity contribution in [3.8, 4) is 0 Å². The number of methoxy groups -OCH3 is 1. The van der Waals surface area contributed by atoms with E-state index in [0.717, 1.165) is 12.1 Å². The van der Waals surface area contributed by atoms with E-state index in [-0.39, 0.29) is 24.0 Å². The molecule has 0 radical (unpaired) electrons. The second-order valence-corrected chi connectivity index (χ2v) is 7.80. The molecule has 0 spiro atoms. The van der Waals surface area contributed by atoms with E-state index >= 15 is 0 Å². The Morgan fingerprint density at radius 3 is 1.83 bits per heavy atom. The molecule has 0 amide bonds.